The zero-order valence-corrected chi connectivity index (χ0v) is 17.6. The summed E-state index contributed by atoms with van der Waals surface area (Å²) >= 11 is 8.28. The minimum Gasteiger partial charge on any atom is -0.273 e. The summed E-state index contributed by atoms with van der Waals surface area (Å²) in [5.74, 6) is 5.43. The molecule has 0 atom stereocenters. The molecule has 0 aliphatic carbocycles. The number of thiophene rings is 1. The summed E-state index contributed by atoms with van der Waals surface area (Å²) in [7, 11) is 0. The molecule has 0 aliphatic heterocycles. The maximum Gasteiger partial charge on any atom is 0.268 e. The van der Waals surface area contributed by atoms with Gasteiger partial charge in [-0.1, -0.05) is 41.9 Å². The summed E-state index contributed by atoms with van der Waals surface area (Å²) in [5.41, 5.74) is 2.10. The molecule has 4 rings (SSSR count). The van der Waals surface area contributed by atoms with Crippen LogP contribution in [0.25, 0.3) is 27.0 Å². The largest absolute Gasteiger partial charge is 0.273 e. The lowest BCUT2D eigenvalue weighted by Gasteiger charge is -2.16. The molecule has 4 aromatic rings. The van der Waals surface area contributed by atoms with E-state index in [9.17, 15) is 9.59 Å². The zero-order chi connectivity index (χ0) is 20.5. The van der Waals surface area contributed by atoms with Gasteiger partial charge < -0.3 is 0 Å². The first-order valence-electron chi connectivity index (χ1n) is 8.54. The first kappa shape index (κ1) is 19.7. The number of carbonyl (C=O) groups is 1. The van der Waals surface area contributed by atoms with E-state index in [1.54, 1.807) is 24.3 Å². The van der Waals surface area contributed by atoms with E-state index < -0.39 is 0 Å². The van der Waals surface area contributed by atoms with Gasteiger partial charge in [-0.25, -0.2) is 15.2 Å². The van der Waals surface area contributed by atoms with Crippen molar-refractivity contribution in [2.45, 2.75) is 12.1 Å². The van der Waals surface area contributed by atoms with Crippen molar-refractivity contribution in [2.75, 3.05) is 0 Å². The van der Waals surface area contributed by atoms with Gasteiger partial charge in [-0.15, -0.1) is 11.3 Å². The van der Waals surface area contributed by atoms with E-state index in [1.807, 2.05) is 35.7 Å². The summed E-state index contributed by atoms with van der Waals surface area (Å²) in [5, 5.41) is 3.28. The molecular formula is C20H15ClN4O2S2. The highest BCUT2D eigenvalue weighted by atomic mass is 35.5. The van der Waals surface area contributed by atoms with Crippen LogP contribution in [0.3, 0.4) is 0 Å². The predicted molar refractivity (Wildman–Crippen MR) is 118 cm³/mol. The van der Waals surface area contributed by atoms with E-state index in [4.69, 9.17) is 17.4 Å². The Kier molecular flexibility index (Phi) is 5.42. The number of carbonyl (C=O) groups excluding carboxylic acids is 1. The van der Waals surface area contributed by atoms with Gasteiger partial charge in [0.15, 0.2) is 5.16 Å². The number of halogens is 1. The molecule has 6 nitrogen and oxygen atoms in total. The van der Waals surface area contributed by atoms with Crippen molar-refractivity contribution in [1.29, 1.82) is 0 Å². The first-order valence-corrected chi connectivity index (χ1v) is 10.6. The highest BCUT2D eigenvalue weighted by Crippen LogP contribution is 2.33. The third kappa shape index (κ3) is 3.79. The highest BCUT2D eigenvalue weighted by Gasteiger charge is 2.20. The lowest BCUT2D eigenvalue weighted by Crippen LogP contribution is -2.30. The maximum atomic E-state index is 13.6. The number of rotatable bonds is 4. The normalized spacial score (nSPS) is 11.0. The van der Waals surface area contributed by atoms with E-state index in [0.717, 1.165) is 27.5 Å². The van der Waals surface area contributed by atoms with E-state index in [0.29, 0.717) is 26.1 Å². The fourth-order valence-corrected chi connectivity index (χ4v) is 4.66. The number of nitrogens with two attached hydrogens (primary N) is 1. The average Bonchev–Trinajstić information content (AvgIpc) is 3.14. The van der Waals surface area contributed by atoms with Crippen LogP contribution in [0.5, 0.6) is 0 Å². The molecule has 0 unspecified atom stereocenters. The van der Waals surface area contributed by atoms with Crippen molar-refractivity contribution in [1.82, 2.24) is 14.0 Å². The Labute approximate surface area is 179 Å². The molecule has 0 fully saturated rings. The first-order chi connectivity index (χ1) is 14.0. The number of hydrogen-bond acceptors (Lipinski definition) is 6. The molecule has 2 N–H and O–H groups in total. The van der Waals surface area contributed by atoms with E-state index in [-0.39, 0.29) is 11.5 Å². The third-order valence-corrected chi connectivity index (χ3v) is 6.25. The van der Waals surface area contributed by atoms with Crippen LogP contribution in [0.2, 0.25) is 5.02 Å². The van der Waals surface area contributed by atoms with Gasteiger partial charge in [0.1, 0.15) is 4.83 Å². The van der Waals surface area contributed by atoms with Crippen LogP contribution < -0.4 is 11.4 Å². The molecule has 0 radical (unpaired) electrons. The van der Waals surface area contributed by atoms with E-state index in [1.165, 1.54) is 22.8 Å². The quantitative estimate of drug-likeness (QED) is 0.165. The van der Waals surface area contributed by atoms with Crippen LogP contribution in [0.4, 0.5) is 0 Å². The molecule has 1 amide bonds. The van der Waals surface area contributed by atoms with Crippen molar-refractivity contribution in [3.05, 3.63) is 75.4 Å². The molecule has 2 heterocycles. The van der Waals surface area contributed by atoms with Crippen LogP contribution >= 0.6 is 34.9 Å². The minimum absolute atomic E-state index is 0.239. The van der Waals surface area contributed by atoms with Gasteiger partial charge in [-0.05, 0) is 29.8 Å². The summed E-state index contributed by atoms with van der Waals surface area (Å²) in [4.78, 5) is 30.4. The van der Waals surface area contributed by atoms with Gasteiger partial charge in [0.05, 0.1) is 11.1 Å². The standard InChI is InChI=1S/C20H15ClN4O2S2/c1-12(26)25(22)29-20-23-18-17(16(11-28-18)13-5-3-2-4-6-13)19(27)24(20)15-9-7-14(21)8-10-15/h2-11H,22H2,1H3. The number of benzene rings is 2. The summed E-state index contributed by atoms with van der Waals surface area (Å²) in [6.07, 6.45) is 0. The van der Waals surface area contributed by atoms with Crippen molar-refractivity contribution >= 4 is 51.0 Å². The highest BCUT2D eigenvalue weighted by molar-refractivity contribution is 7.97. The molecule has 0 saturated carbocycles. The van der Waals surface area contributed by atoms with Gasteiger partial charge in [0, 0.05) is 34.8 Å². The number of amides is 1. The number of aromatic nitrogens is 2. The topological polar surface area (TPSA) is 81.2 Å². The van der Waals surface area contributed by atoms with Crippen LogP contribution in [-0.4, -0.2) is 19.9 Å². The third-order valence-electron chi connectivity index (χ3n) is 4.24. The molecular weight excluding hydrogens is 428 g/mol. The number of hydrazine groups is 1. The second kappa shape index (κ2) is 8.00. The molecule has 0 bridgehead atoms. The van der Waals surface area contributed by atoms with Crippen molar-refractivity contribution in [3.8, 4) is 16.8 Å². The number of hydrogen-bond donors (Lipinski definition) is 1. The fourth-order valence-electron chi connectivity index (χ4n) is 2.83. The molecule has 9 heteroatoms. The Morgan fingerprint density at radius 3 is 2.52 bits per heavy atom. The Hall–Kier alpha value is -2.65. The van der Waals surface area contributed by atoms with Crippen LogP contribution in [0, 0.1) is 0 Å². The van der Waals surface area contributed by atoms with Gasteiger partial charge in [-0.3, -0.25) is 14.2 Å². The van der Waals surface area contributed by atoms with Gasteiger partial charge in [-0.2, -0.15) is 0 Å². The maximum absolute atomic E-state index is 13.6. The van der Waals surface area contributed by atoms with Crippen molar-refractivity contribution in [2.24, 2.45) is 5.84 Å². The van der Waals surface area contributed by atoms with Crippen molar-refractivity contribution < 1.29 is 4.79 Å². The molecule has 0 saturated heterocycles. The number of fused-ring (bicyclic) bond motifs is 1. The average molecular weight is 443 g/mol. The zero-order valence-electron chi connectivity index (χ0n) is 15.2. The molecule has 29 heavy (non-hydrogen) atoms. The summed E-state index contributed by atoms with van der Waals surface area (Å²) < 4.78 is 2.40. The lowest BCUT2D eigenvalue weighted by atomic mass is 10.1. The Bertz CT molecular complexity index is 1250. The molecule has 2 aromatic carbocycles. The monoisotopic (exact) mass is 442 g/mol. The SMILES string of the molecule is CC(=O)N(N)Sc1nc2scc(-c3ccccc3)c2c(=O)n1-c1ccc(Cl)cc1. The predicted octanol–water partition coefficient (Wildman–Crippen LogP) is 4.50. The lowest BCUT2D eigenvalue weighted by molar-refractivity contribution is -0.124. The Balaban J connectivity index is 1.99. The molecule has 146 valence electrons. The van der Waals surface area contributed by atoms with Crippen LogP contribution in [-0.2, 0) is 4.79 Å². The molecule has 0 aliphatic rings. The smallest absolute Gasteiger partial charge is 0.268 e. The second-order valence-corrected chi connectivity index (χ2v) is 8.38. The van der Waals surface area contributed by atoms with Gasteiger partial charge in [0.25, 0.3) is 5.56 Å². The molecule has 2 aromatic heterocycles. The van der Waals surface area contributed by atoms with Crippen LogP contribution in [0.15, 0.2) is 69.9 Å². The van der Waals surface area contributed by atoms with Crippen LogP contribution in [0.1, 0.15) is 6.92 Å². The van der Waals surface area contributed by atoms with Gasteiger partial charge >= 0.3 is 0 Å². The summed E-state index contributed by atoms with van der Waals surface area (Å²) in [6, 6.07) is 16.5. The minimum atomic E-state index is -0.358. The fraction of sp³-hybridized carbons (Fsp3) is 0.0500. The van der Waals surface area contributed by atoms with E-state index >= 15 is 0 Å². The van der Waals surface area contributed by atoms with Gasteiger partial charge in [0.2, 0.25) is 5.91 Å². The van der Waals surface area contributed by atoms with E-state index in [2.05, 4.69) is 4.98 Å². The Morgan fingerprint density at radius 2 is 1.86 bits per heavy atom. The molecule has 0 spiro atoms. The second-order valence-electron chi connectivity index (χ2n) is 6.14. The summed E-state index contributed by atoms with van der Waals surface area (Å²) in [6.45, 7) is 1.34. The number of nitrogens with zero attached hydrogens (tertiary/aromatic N) is 3. The van der Waals surface area contributed by atoms with Crippen molar-refractivity contribution in [3.63, 3.8) is 0 Å². The Morgan fingerprint density at radius 1 is 1.17 bits per heavy atom.